The van der Waals surface area contributed by atoms with Crippen LogP contribution < -0.4 is 0 Å². The van der Waals surface area contributed by atoms with E-state index >= 15 is 0 Å². The van der Waals surface area contributed by atoms with Crippen molar-refractivity contribution in [2.75, 3.05) is 26.4 Å². The quantitative estimate of drug-likeness (QED) is 0.0415. The Kier molecular flexibility index (Phi) is 17.8. The molecule has 3 aliphatic heterocycles. The summed E-state index contributed by atoms with van der Waals surface area (Å²) in [6, 6.07) is 0. The van der Waals surface area contributed by atoms with Crippen LogP contribution in [0.3, 0.4) is 0 Å². The van der Waals surface area contributed by atoms with Crippen molar-refractivity contribution in [3.05, 3.63) is 23.3 Å². The molecule has 3 saturated heterocycles. The van der Waals surface area contributed by atoms with Crippen LogP contribution in [0.2, 0.25) is 0 Å². The Hall–Kier alpha value is -2.83. The molecular weight excluding hydrogens is 1040 g/mol. The summed E-state index contributed by atoms with van der Waals surface area (Å²) in [5, 5.41) is 143. The molecule has 0 aromatic heterocycles. The fourth-order valence-corrected chi connectivity index (χ4v) is 16.2. The smallest absolute Gasteiger partial charge is 0.335 e. The number of aliphatic carboxylic acids is 1. The first kappa shape index (κ1) is 62.2. The van der Waals surface area contributed by atoms with Gasteiger partial charge in [-0.1, -0.05) is 59.3 Å². The van der Waals surface area contributed by atoms with Gasteiger partial charge in [0.05, 0.1) is 44.1 Å². The molecule has 5 aliphatic carbocycles. The van der Waals surface area contributed by atoms with Crippen LogP contribution in [0, 0.1) is 50.2 Å². The number of carbonyl (C=O) groups is 3. The third kappa shape index (κ3) is 9.94. The van der Waals surface area contributed by atoms with Gasteiger partial charge >= 0.3 is 17.9 Å². The van der Waals surface area contributed by atoms with Crippen LogP contribution in [0.25, 0.3) is 0 Å². The summed E-state index contributed by atoms with van der Waals surface area (Å²) in [7, 11) is 0. The van der Waals surface area contributed by atoms with E-state index in [1.165, 1.54) is 6.92 Å². The number of fused-ring (bicyclic) bond motifs is 7. The highest BCUT2D eigenvalue weighted by Gasteiger charge is 2.74. The highest BCUT2D eigenvalue weighted by molar-refractivity contribution is 5.87. The van der Waals surface area contributed by atoms with E-state index in [2.05, 4.69) is 26.8 Å². The monoisotopic (exact) mass is 1130 g/mol. The number of rotatable bonds is 14. The lowest BCUT2D eigenvalue weighted by molar-refractivity contribution is -0.392. The van der Waals surface area contributed by atoms with Crippen molar-refractivity contribution in [1.82, 2.24) is 0 Å². The molecule has 0 bridgehead atoms. The van der Waals surface area contributed by atoms with Crippen molar-refractivity contribution in [2.24, 2.45) is 50.2 Å². The van der Waals surface area contributed by atoms with Gasteiger partial charge in [-0.15, -0.1) is 0 Å². The van der Waals surface area contributed by atoms with Gasteiger partial charge in [-0.25, -0.2) is 9.59 Å². The van der Waals surface area contributed by atoms with Gasteiger partial charge in [0.2, 0.25) is 0 Å². The zero-order valence-corrected chi connectivity index (χ0v) is 46.4. The van der Waals surface area contributed by atoms with Gasteiger partial charge in [-0.05, 0) is 92.8 Å². The Morgan fingerprint density at radius 2 is 1.24 bits per heavy atom. The average molecular weight is 1130 g/mol. The molecule has 0 aromatic carbocycles. The number of hydrogen-bond acceptors (Lipinski definition) is 23. The van der Waals surface area contributed by atoms with Gasteiger partial charge in [-0.2, -0.15) is 0 Å². The third-order valence-corrected chi connectivity index (χ3v) is 21.1. The Morgan fingerprint density at radius 1 is 0.658 bits per heavy atom. The van der Waals surface area contributed by atoms with Crippen molar-refractivity contribution < 1.29 is 119 Å². The maximum Gasteiger partial charge on any atom is 0.335 e. The van der Waals surface area contributed by atoms with Crippen molar-refractivity contribution in [2.45, 2.75) is 224 Å². The highest BCUT2D eigenvalue weighted by atomic mass is 16.8. The zero-order chi connectivity index (χ0) is 58.4. The topological polar surface area (TPSA) is 388 Å². The number of hydrogen-bond donors (Lipinski definition) is 13. The van der Waals surface area contributed by atoms with Crippen LogP contribution in [0.4, 0.5) is 0 Å². The lowest BCUT2D eigenvalue weighted by Crippen LogP contribution is -2.72. The van der Waals surface area contributed by atoms with Gasteiger partial charge in [-0.3, -0.25) is 4.79 Å². The molecule has 0 spiro atoms. The molecule has 0 amide bonds. The predicted octanol–water partition coefficient (Wildman–Crippen LogP) is -1.32. The van der Waals surface area contributed by atoms with Crippen molar-refractivity contribution >= 4 is 17.9 Å². The van der Waals surface area contributed by atoms with Crippen LogP contribution in [0.5, 0.6) is 0 Å². The number of carboxylic acid groups (broad SMARTS) is 1. The fraction of sp³-hybridized carbons (Fsp3) is 0.873. The number of allylic oxidation sites excluding steroid dienone is 3. The standard InChI is InChI=1S/C55H86O24/c1-10-23(2)46(71)79-43-44(72-24(3)60)55(22-59)26(17-50(43,4)5)25-11-12-30-51(6)15-14-32(52(7,21-58)29(51)13-16-53(30,8)54(25,9)18-31(55)61)75-49-41(77-48-38(67)36(65)34(63)28(20-57)74-48)39(68)40(42(78-49)45(69)70)76-47-37(66)35(64)33(62)27(19-56)73-47/h10-11,26-44,47-49,56-59,61-68H,12-22H2,1-9H3,(H,69,70)/t26?,27?,28?,29?,30?,31-,32+,33-,34-,35-,36-,37?,38?,39-,40+,41?,42?,43+,44+,47+,48+,49-,51+,52-,53-,54-,55+/m1/s1. The molecule has 24 nitrogen and oxygen atoms in total. The first-order valence-corrected chi connectivity index (χ1v) is 27.7. The number of carbonyl (C=O) groups excluding carboxylic acids is 2. The number of esters is 2. The maximum absolute atomic E-state index is 13.4. The van der Waals surface area contributed by atoms with Crippen LogP contribution in [-0.2, 0) is 52.3 Å². The third-order valence-electron chi connectivity index (χ3n) is 21.1. The molecule has 13 N–H and O–H groups in total. The molecule has 8 aliphatic rings. The van der Waals surface area contributed by atoms with E-state index in [-0.39, 0.29) is 24.7 Å². The molecular formula is C55H86O24. The Labute approximate surface area is 459 Å². The minimum atomic E-state index is -2.18. The van der Waals surface area contributed by atoms with Crippen molar-refractivity contribution in [3.8, 4) is 0 Å². The minimum absolute atomic E-state index is 0.0849. The first-order chi connectivity index (χ1) is 36.9. The van der Waals surface area contributed by atoms with Crippen molar-refractivity contribution in [1.29, 1.82) is 0 Å². The summed E-state index contributed by atoms with van der Waals surface area (Å²) in [6.45, 7) is 14.1. The van der Waals surface area contributed by atoms with Crippen LogP contribution >= 0.6 is 0 Å². The summed E-state index contributed by atoms with van der Waals surface area (Å²) in [5.41, 5.74) is -3.78. The number of aliphatic hydroxyl groups excluding tert-OH is 12. The molecule has 9 unspecified atom stereocenters. The van der Waals surface area contributed by atoms with Crippen LogP contribution in [0.15, 0.2) is 23.3 Å². The Morgan fingerprint density at radius 3 is 1.76 bits per heavy atom. The lowest BCUT2D eigenvalue weighted by atomic mass is 9.33. The first-order valence-electron chi connectivity index (χ1n) is 27.7. The number of ether oxygens (including phenoxy) is 8. The SMILES string of the molecule is CC=C(C)C(=O)O[C@H]1[C@H](OC(C)=O)[C@@]2(CO)C(CC1(C)C)C1=CCC3[C@@]4(C)CC[C@H](O[C@@H]5OC(C(=O)O)[C@@H](O[C@@H]6OC(CO)[C@@H](O)[C@@H](O)C6O)[C@@H](O)C5O[C@@H]5OC(CO)[C@@H](O)[C@@H](O)C5O)[C@](C)(CO)C4CC[C@@]3(C)[C@]1(C)C[C@H]2O. The van der Waals surface area contributed by atoms with Gasteiger partial charge in [0.25, 0.3) is 0 Å². The van der Waals surface area contributed by atoms with Crippen LogP contribution in [-0.4, -0.2) is 227 Å². The van der Waals surface area contributed by atoms with E-state index in [1.807, 2.05) is 20.8 Å². The normalized spacial score (nSPS) is 50.6. The molecule has 3 heterocycles. The summed E-state index contributed by atoms with van der Waals surface area (Å²) < 4.78 is 48.2. The van der Waals surface area contributed by atoms with Gasteiger partial charge in [0.1, 0.15) is 79.4 Å². The Balaban J connectivity index is 1.12. The molecule has 27 atom stereocenters. The summed E-state index contributed by atoms with van der Waals surface area (Å²) >= 11 is 0. The van der Waals surface area contributed by atoms with Gasteiger partial charge < -0.3 is 104 Å². The van der Waals surface area contributed by atoms with E-state index in [4.69, 9.17) is 37.9 Å². The predicted molar refractivity (Wildman–Crippen MR) is 269 cm³/mol. The Bertz CT molecular complexity index is 2290. The van der Waals surface area contributed by atoms with E-state index in [0.717, 1.165) is 5.57 Å². The van der Waals surface area contributed by atoms with E-state index in [0.29, 0.717) is 37.7 Å². The molecule has 0 radical (unpaired) electrons. The fourth-order valence-electron chi connectivity index (χ4n) is 16.2. The molecule has 450 valence electrons. The molecule has 0 aromatic rings. The second kappa shape index (κ2) is 22.6. The second-order valence-corrected chi connectivity index (χ2v) is 25.5. The summed E-state index contributed by atoms with van der Waals surface area (Å²) in [6.07, 6.45) is -26.5. The summed E-state index contributed by atoms with van der Waals surface area (Å²) in [4.78, 5) is 39.5. The van der Waals surface area contributed by atoms with Gasteiger partial charge in [0.15, 0.2) is 25.0 Å². The summed E-state index contributed by atoms with van der Waals surface area (Å²) in [5.74, 6) is -3.88. The number of carboxylic acids is 1. The molecule has 79 heavy (non-hydrogen) atoms. The van der Waals surface area contributed by atoms with E-state index in [9.17, 15) is 80.8 Å². The lowest BCUT2D eigenvalue weighted by Gasteiger charge is -2.72. The minimum Gasteiger partial charge on any atom is -0.479 e. The zero-order valence-electron chi connectivity index (χ0n) is 46.4. The largest absolute Gasteiger partial charge is 0.479 e. The highest BCUT2D eigenvalue weighted by Crippen LogP contribution is 2.76. The maximum atomic E-state index is 13.4. The number of aliphatic hydroxyl groups is 12. The van der Waals surface area contributed by atoms with Gasteiger partial charge in [0, 0.05) is 23.3 Å². The average Bonchev–Trinajstić information content (AvgIpc) is 3.25. The molecule has 24 heteroatoms. The molecule has 8 rings (SSSR count). The molecule has 7 fully saturated rings. The van der Waals surface area contributed by atoms with E-state index in [1.54, 1.807) is 19.9 Å². The second-order valence-electron chi connectivity index (χ2n) is 25.5. The van der Waals surface area contributed by atoms with E-state index < -0.39 is 199 Å². The van der Waals surface area contributed by atoms with Crippen molar-refractivity contribution in [3.63, 3.8) is 0 Å². The van der Waals surface area contributed by atoms with Crippen LogP contribution in [0.1, 0.15) is 107 Å². The molecule has 4 saturated carbocycles.